The zero-order chi connectivity index (χ0) is 24.7. The molecule has 0 aliphatic rings. The number of likely N-dealkylation sites (N-methyl/N-ethyl adjacent to an activating group) is 1. The number of nitrogens with zero attached hydrogens (tertiary/aromatic N) is 2. The number of phenolic OH excluding ortho intramolecular Hbond substituents is 2. The summed E-state index contributed by atoms with van der Waals surface area (Å²) in [5, 5.41) is 24.7. The fourth-order valence-electron chi connectivity index (χ4n) is 3.16. The number of hydrogen-bond acceptors (Lipinski definition) is 6. The van der Waals surface area contributed by atoms with Crippen LogP contribution in [0.1, 0.15) is 15.9 Å². The lowest BCUT2D eigenvalue weighted by Gasteiger charge is -2.25. The zero-order valence-corrected chi connectivity index (χ0v) is 19.2. The van der Waals surface area contributed by atoms with Crippen molar-refractivity contribution < 1.29 is 19.8 Å². The minimum Gasteiger partial charge on any atom is -0.504 e. The minimum absolute atomic E-state index is 0.262. The molecule has 0 heterocycles. The predicted octanol–water partition coefficient (Wildman–Crippen LogP) is 3.53. The van der Waals surface area contributed by atoms with Gasteiger partial charge in [0.15, 0.2) is 11.5 Å². The zero-order valence-electron chi connectivity index (χ0n) is 19.2. The van der Waals surface area contributed by atoms with Crippen LogP contribution in [-0.4, -0.2) is 59.1 Å². The van der Waals surface area contributed by atoms with Gasteiger partial charge >= 0.3 is 6.03 Å². The molecule has 34 heavy (non-hydrogen) atoms. The second kappa shape index (κ2) is 11.1. The molecular formula is C25H29N5O4. The van der Waals surface area contributed by atoms with Gasteiger partial charge in [0, 0.05) is 37.0 Å². The van der Waals surface area contributed by atoms with Gasteiger partial charge in [0.25, 0.3) is 5.91 Å². The van der Waals surface area contributed by atoms with Crippen molar-refractivity contribution in [2.45, 2.75) is 6.54 Å². The third kappa shape index (κ3) is 6.63. The summed E-state index contributed by atoms with van der Waals surface area (Å²) >= 11 is 0. The number of nitrogens with two attached hydrogens (primary N) is 1. The van der Waals surface area contributed by atoms with E-state index in [-0.39, 0.29) is 23.4 Å². The maximum Gasteiger partial charge on any atom is 0.322 e. The van der Waals surface area contributed by atoms with Gasteiger partial charge in [0.2, 0.25) is 0 Å². The summed E-state index contributed by atoms with van der Waals surface area (Å²) in [5.41, 5.74) is 8.59. The first kappa shape index (κ1) is 24.4. The molecule has 3 amide bonds. The Kier molecular flexibility index (Phi) is 7.94. The Balaban J connectivity index is 1.69. The molecule has 9 heteroatoms. The third-order valence-corrected chi connectivity index (χ3v) is 5.13. The van der Waals surface area contributed by atoms with Crippen molar-refractivity contribution in [3.63, 3.8) is 0 Å². The highest BCUT2D eigenvalue weighted by Gasteiger charge is 2.16. The van der Waals surface area contributed by atoms with Crippen molar-refractivity contribution in [3.8, 4) is 11.5 Å². The number of nitrogens with one attached hydrogen (secondary N) is 2. The molecule has 6 N–H and O–H groups in total. The second-order valence-corrected chi connectivity index (χ2v) is 8.10. The van der Waals surface area contributed by atoms with Gasteiger partial charge < -0.3 is 36.4 Å². The molecule has 0 saturated carbocycles. The molecule has 0 radical (unpaired) electrons. The van der Waals surface area contributed by atoms with Gasteiger partial charge in [-0.25, -0.2) is 4.79 Å². The smallest absolute Gasteiger partial charge is 0.322 e. The molecule has 0 bridgehead atoms. The van der Waals surface area contributed by atoms with Crippen LogP contribution < -0.4 is 16.4 Å². The van der Waals surface area contributed by atoms with E-state index in [0.717, 1.165) is 5.56 Å². The van der Waals surface area contributed by atoms with E-state index in [1.807, 2.05) is 19.0 Å². The van der Waals surface area contributed by atoms with Crippen LogP contribution in [0.3, 0.4) is 0 Å². The van der Waals surface area contributed by atoms with Gasteiger partial charge in [-0.05, 0) is 56.1 Å². The maximum atomic E-state index is 12.9. The first-order valence-electron chi connectivity index (χ1n) is 10.7. The Labute approximate surface area is 198 Å². The van der Waals surface area contributed by atoms with E-state index < -0.39 is 0 Å². The number of phenols is 2. The van der Waals surface area contributed by atoms with Gasteiger partial charge in [0.1, 0.15) is 0 Å². The average molecular weight is 464 g/mol. The Morgan fingerprint density at radius 1 is 0.882 bits per heavy atom. The molecule has 178 valence electrons. The summed E-state index contributed by atoms with van der Waals surface area (Å²) in [5.74, 6) is -0.857. The monoisotopic (exact) mass is 463 g/mol. The predicted molar refractivity (Wildman–Crippen MR) is 133 cm³/mol. The number of urea groups is 1. The highest BCUT2D eigenvalue weighted by molar-refractivity contribution is 6.05. The molecule has 3 rings (SSSR count). The molecule has 0 atom stereocenters. The van der Waals surface area contributed by atoms with E-state index >= 15 is 0 Å². The van der Waals surface area contributed by atoms with Crippen LogP contribution in [0.25, 0.3) is 0 Å². The standard InChI is InChI=1S/C25H29N5O4/c1-29(2)13-14-30(25(34)27-19-11-12-22(31)23(32)15-19)16-17-7-9-18(10-8-17)24(33)28-21-6-4-3-5-20(21)26/h3-12,15,31-32H,13-14,16,26H2,1-2H3,(H,27,34)(H,28,33). The van der Waals surface area contributed by atoms with E-state index in [9.17, 15) is 19.8 Å². The average Bonchev–Trinajstić information content (AvgIpc) is 2.80. The van der Waals surface area contributed by atoms with Crippen LogP contribution in [0.2, 0.25) is 0 Å². The summed E-state index contributed by atoms with van der Waals surface area (Å²) in [6, 6.07) is 17.8. The number of anilines is 3. The number of nitrogen functional groups attached to an aromatic ring is 1. The normalized spacial score (nSPS) is 10.7. The lowest BCUT2D eigenvalue weighted by molar-refractivity contribution is 0.102. The Bertz CT molecular complexity index is 1150. The number of para-hydroxylation sites is 2. The van der Waals surface area contributed by atoms with Gasteiger partial charge in [-0.3, -0.25) is 4.79 Å². The summed E-state index contributed by atoms with van der Waals surface area (Å²) in [7, 11) is 3.84. The summed E-state index contributed by atoms with van der Waals surface area (Å²) in [6.07, 6.45) is 0. The topological polar surface area (TPSA) is 131 Å². The first-order valence-corrected chi connectivity index (χ1v) is 10.7. The quantitative estimate of drug-likeness (QED) is 0.197. The van der Waals surface area contributed by atoms with Crippen molar-refractivity contribution in [3.05, 3.63) is 77.9 Å². The van der Waals surface area contributed by atoms with Gasteiger partial charge in [-0.2, -0.15) is 0 Å². The van der Waals surface area contributed by atoms with Crippen LogP contribution in [0.4, 0.5) is 21.9 Å². The summed E-state index contributed by atoms with van der Waals surface area (Å²) in [6.45, 7) is 1.42. The highest BCUT2D eigenvalue weighted by atomic mass is 16.3. The number of aromatic hydroxyl groups is 2. The number of hydrogen-bond donors (Lipinski definition) is 5. The molecule has 0 aliphatic heterocycles. The lowest BCUT2D eigenvalue weighted by atomic mass is 10.1. The second-order valence-electron chi connectivity index (χ2n) is 8.10. The van der Waals surface area contributed by atoms with E-state index in [2.05, 4.69) is 10.6 Å². The van der Waals surface area contributed by atoms with Crippen molar-refractivity contribution in [2.75, 3.05) is 43.6 Å². The number of carbonyl (C=O) groups excluding carboxylic acids is 2. The minimum atomic E-state index is -0.353. The van der Waals surface area contributed by atoms with Crippen LogP contribution >= 0.6 is 0 Å². The maximum absolute atomic E-state index is 12.9. The van der Waals surface area contributed by atoms with Crippen LogP contribution in [0.5, 0.6) is 11.5 Å². The van der Waals surface area contributed by atoms with E-state index in [1.54, 1.807) is 53.4 Å². The fourth-order valence-corrected chi connectivity index (χ4v) is 3.16. The van der Waals surface area contributed by atoms with Gasteiger partial charge in [-0.1, -0.05) is 24.3 Å². The van der Waals surface area contributed by atoms with Crippen LogP contribution in [-0.2, 0) is 6.54 Å². The van der Waals surface area contributed by atoms with E-state index in [1.165, 1.54) is 18.2 Å². The van der Waals surface area contributed by atoms with Crippen LogP contribution in [0, 0.1) is 0 Å². The van der Waals surface area contributed by atoms with Crippen molar-refractivity contribution in [1.29, 1.82) is 0 Å². The molecule has 9 nitrogen and oxygen atoms in total. The molecule has 0 spiro atoms. The van der Waals surface area contributed by atoms with E-state index in [0.29, 0.717) is 42.3 Å². The molecule has 0 fully saturated rings. The first-order chi connectivity index (χ1) is 16.2. The SMILES string of the molecule is CN(C)CCN(Cc1ccc(C(=O)Nc2ccccc2N)cc1)C(=O)Nc1ccc(O)c(O)c1. The largest absolute Gasteiger partial charge is 0.504 e. The van der Waals surface area contributed by atoms with Crippen molar-refractivity contribution in [1.82, 2.24) is 9.80 Å². The van der Waals surface area contributed by atoms with Gasteiger partial charge in [-0.15, -0.1) is 0 Å². The lowest BCUT2D eigenvalue weighted by Crippen LogP contribution is -2.39. The van der Waals surface area contributed by atoms with Gasteiger partial charge in [0.05, 0.1) is 11.4 Å². The summed E-state index contributed by atoms with van der Waals surface area (Å²) in [4.78, 5) is 29.1. The Hall–Kier alpha value is -4.24. The molecule has 0 aliphatic carbocycles. The summed E-state index contributed by atoms with van der Waals surface area (Å²) < 4.78 is 0. The van der Waals surface area contributed by atoms with Crippen molar-refractivity contribution >= 4 is 29.0 Å². The van der Waals surface area contributed by atoms with E-state index in [4.69, 9.17) is 5.73 Å². The number of benzene rings is 3. The highest BCUT2D eigenvalue weighted by Crippen LogP contribution is 2.27. The number of amides is 3. The molecule has 0 saturated heterocycles. The fraction of sp³-hybridized carbons (Fsp3) is 0.200. The third-order valence-electron chi connectivity index (χ3n) is 5.13. The molecular weight excluding hydrogens is 434 g/mol. The number of carbonyl (C=O) groups is 2. The Morgan fingerprint density at radius 2 is 1.59 bits per heavy atom. The molecule has 0 unspecified atom stereocenters. The number of rotatable bonds is 8. The van der Waals surface area contributed by atoms with Crippen LogP contribution in [0.15, 0.2) is 66.7 Å². The van der Waals surface area contributed by atoms with Crippen molar-refractivity contribution in [2.24, 2.45) is 0 Å². The Morgan fingerprint density at radius 3 is 2.24 bits per heavy atom. The molecule has 3 aromatic rings. The molecule has 0 aromatic heterocycles. The molecule has 3 aromatic carbocycles.